The lowest BCUT2D eigenvalue weighted by Gasteiger charge is -2.34. The highest BCUT2D eigenvalue weighted by Crippen LogP contribution is 2.23. The summed E-state index contributed by atoms with van der Waals surface area (Å²) in [5.74, 6) is -2.40. The molecule has 30 heavy (non-hydrogen) atoms. The monoisotopic (exact) mass is 461 g/mol. The van der Waals surface area contributed by atoms with Crippen molar-refractivity contribution < 1.29 is 22.3 Å². The number of rotatable bonds is 7. The van der Waals surface area contributed by atoms with Crippen LogP contribution in [0.1, 0.15) is 17.2 Å². The molecule has 12 heteroatoms. The number of aliphatic hydroxyl groups is 1. The van der Waals surface area contributed by atoms with Gasteiger partial charge in [0.05, 0.1) is 6.10 Å². The maximum Gasteiger partial charge on any atom is 0.350 e. The average Bonchev–Trinajstić information content (AvgIpc) is 2.72. The highest BCUT2D eigenvalue weighted by atomic mass is 35.5. The Morgan fingerprint density at radius 2 is 1.90 bits per heavy atom. The Balaban J connectivity index is 1.60. The van der Waals surface area contributed by atoms with E-state index < -0.39 is 21.9 Å². The fourth-order valence-corrected chi connectivity index (χ4v) is 4.35. The van der Waals surface area contributed by atoms with Gasteiger partial charge in [-0.05, 0) is 30.2 Å². The van der Waals surface area contributed by atoms with Gasteiger partial charge in [-0.2, -0.15) is 13.1 Å². The molecular formula is C18H22ClF2N5O3S. The Morgan fingerprint density at radius 3 is 2.53 bits per heavy atom. The second-order valence-electron chi connectivity index (χ2n) is 6.85. The molecule has 1 unspecified atom stereocenters. The number of hydrogen-bond acceptors (Lipinski definition) is 7. The summed E-state index contributed by atoms with van der Waals surface area (Å²) in [6, 6.07) is 6.92. The Bertz CT molecular complexity index is 988. The number of halogens is 3. The lowest BCUT2D eigenvalue weighted by Crippen LogP contribution is -2.50. The molecule has 164 valence electrons. The van der Waals surface area contributed by atoms with E-state index in [9.17, 15) is 22.3 Å². The summed E-state index contributed by atoms with van der Waals surface area (Å²) in [6.07, 6.45) is 0.573. The van der Waals surface area contributed by atoms with E-state index >= 15 is 0 Å². The molecular weight excluding hydrogens is 440 g/mol. The number of nitrogens with zero attached hydrogens (tertiary/aromatic N) is 4. The van der Waals surface area contributed by atoms with Crippen LogP contribution in [0.4, 0.5) is 20.4 Å². The number of hydrogen-bond donors (Lipinski definition) is 2. The first kappa shape index (κ1) is 22.6. The standard InChI is InChI=1S/C18H22ClF2N5O3S/c1-12-8-13(19)2-3-14(12)15(27)10-22-16-9-17(24-11-23-16)25-4-6-26(7-5-25)30(28,29)18(20)21/h2-3,8-9,11,15,18,27H,4-7,10H2,1H3,(H,22,23,24). The molecule has 0 radical (unpaired) electrons. The smallest absolute Gasteiger partial charge is 0.350 e. The Labute approximate surface area is 178 Å². The number of sulfonamides is 1. The van der Waals surface area contributed by atoms with E-state index in [1.807, 2.05) is 6.92 Å². The topological polar surface area (TPSA) is 98.7 Å². The highest BCUT2D eigenvalue weighted by Gasteiger charge is 2.34. The van der Waals surface area contributed by atoms with E-state index in [4.69, 9.17) is 11.6 Å². The second-order valence-corrected chi connectivity index (χ2v) is 9.19. The zero-order chi connectivity index (χ0) is 21.9. The molecule has 0 saturated carbocycles. The second kappa shape index (κ2) is 9.38. The van der Waals surface area contributed by atoms with Crippen molar-refractivity contribution in [3.05, 3.63) is 46.7 Å². The third kappa shape index (κ3) is 5.15. The van der Waals surface area contributed by atoms with Crippen LogP contribution in [0.2, 0.25) is 5.02 Å². The van der Waals surface area contributed by atoms with E-state index in [-0.39, 0.29) is 32.7 Å². The van der Waals surface area contributed by atoms with Gasteiger partial charge >= 0.3 is 5.76 Å². The molecule has 2 aromatic rings. The minimum absolute atomic E-state index is 0.0476. The van der Waals surface area contributed by atoms with Crippen LogP contribution in [0.5, 0.6) is 0 Å². The lowest BCUT2D eigenvalue weighted by atomic mass is 10.0. The summed E-state index contributed by atoms with van der Waals surface area (Å²) in [4.78, 5) is 10.1. The first-order valence-electron chi connectivity index (χ1n) is 9.20. The van der Waals surface area contributed by atoms with E-state index in [0.717, 1.165) is 15.4 Å². The van der Waals surface area contributed by atoms with Gasteiger partial charge in [-0.15, -0.1) is 0 Å². The van der Waals surface area contributed by atoms with E-state index in [2.05, 4.69) is 15.3 Å². The highest BCUT2D eigenvalue weighted by molar-refractivity contribution is 7.89. The third-order valence-corrected chi connectivity index (χ3v) is 6.64. The van der Waals surface area contributed by atoms with Crippen LogP contribution in [0, 0.1) is 6.92 Å². The molecule has 0 amide bonds. The normalized spacial score (nSPS) is 16.7. The van der Waals surface area contributed by atoms with Gasteiger partial charge in [0.25, 0.3) is 10.0 Å². The van der Waals surface area contributed by atoms with Crippen LogP contribution in [-0.4, -0.2) is 66.3 Å². The molecule has 1 aliphatic heterocycles. The molecule has 2 heterocycles. The third-order valence-electron chi connectivity index (χ3n) is 4.87. The molecule has 0 aliphatic carbocycles. The largest absolute Gasteiger partial charge is 0.387 e. The number of piperazine rings is 1. The Morgan fingerprint density at radius 1 is 1.20 bits per heavy atom. The molecule has 1 fully saturated rings. The van der Waals surface area contributed by atoms with Gasteiger partial charge in [0, 0.05) is 43.8 Å². The maximum atomic E-state index is 12.7. The lowest BCUT2D eigenvalue weighted by molar-refractivity contribution is 0.191. The summed E-state index contributed by atoms with van der Waals surface area (Å²) in [5.41, 5.74) is 1.62. The van der Waals surface area contributed by atoms with Crippen molar-refractivity contribution >= 4 is 33.3 Å². The average molecular weight is 462 g/mol. The predicted molar refractivity (Wildman–Crippen MR) is 110 cm³/mol. The zero-order valence-electron chi connectivity index (χ0n) is 16.2. The van der Waals surface area contributed by atoms with Gasteiger partial charge in [0.2, 0.25) is 0 Å². The Kier molecular flexibility index (Phi) is 7.06. The zero-order valence-corrected chi connectivity index (χ0v) is 17.7. The first-order chi connectivity index (χ1) is 14.2. The summed E-state index contributed by atoms with van der Waals surface area (Å²) >= 11 is 5.94. The van der Waals surface area contributed by atoms with Gasteiger partial charge in [-0.25, -0.2) is 18.4 Å². The van der Waals surface area contributed by atoms with Gasteiger partial charge < -0.3 is 15.3 Å². The summed E-state index contributed by atoms with van der Waals surface area (Å²) in [5, 5.41) is 14.1. The molecule has 3 rings (SSSR count). The van der Waals surface area contributed by atoms with Crippen molar-refractivity contribution in [1.82, 2.24) is 14.3 Å². The van der Waals surface area contributed by atoms with Crippen LogP contribution in [0.25, 0.3) is 0 Å². The van der Waals surface area contributed by atoms with Crippen molar-refractivity contribution in [1.29, 1.82) is 0 Å². The summed E-state index contributed by atoms with van der Waals surface area (Å²) in [7, 11) is -4.57. The summed E-state index contributed by atoms with van der Waals surface area (Å²) < 4.78 is 49.3. The van der Waals surface area contributed by atoms with Crippen molar-refractivity contribution in [3.8, 4) is 0 Å². The molecule has 1 saturated heterocycles. The van der Waals surface area contributed by atoms with Crippen molar-refractivity contribution in [2.24, 2.45) is 0 Å². The van der Waals surface area contributed by atoms with Crippen molar-refractivity contribution in [2.45, 2.75) is 18.8 Å². The van der Waals surface area contributed by atoms with Crippen LogP contribution in [-0.2, 0) is 10.0 Å². The maximum absolute atomic E-state index is 12.7. The SMILES string of the molecule is Cc1cc(Cl)ccc1C(O)CNc1cc(N2CCN(S(=O)(=O)C(F)F)CC2)ncn1. The van der Waals surface area contributed by atoms with Crippen molar-refractivity contribution in [2.75, 3.05) is 42.9 Å². The van der Waals surface area contributed by atoms with E-state index in [1.165, 1.54) is 6.33 Å². The molecule has 8 nitrogen and oxygen atoms in total. The number of benzene rings is 1. The number of anilines is 2. The predicted octanol–water partition coefficient (Wildman–Crippen LogP) is 2.26. The number of nitrogens with one attached hydrogen (secondary N) is 1. The molecule has 1 aromatic heterocycles. The molecule has 1 aliphatic rings. The minimum atomic E-state index is -4.57. The van der Waals surface area contributed by atoms with E-state index in [0.29, 0.717) is 16.7 Å². The van der Waals surface area contributed by atoms with Gasteiger partial charge in [-0.3, -0.25) is 0 Å². The van der Waals surface area contributed by atoms with Gasteiger partial charge in [0.15, 0.2) is 0 Å². The number of alkyl halides is 2. The van der Waals surface area contributed by atoms with Crippen LogP contribution >= 0.6 is 11.6 Å². The molecule has 0 bridgehead atoms. The fourth-order valence-electron chi connectivity index (χ4n) is 3.23. The van der Waals surface area contributed by atoms with E-state index in [1.54, 1.807) is 29.2 Å². The molecule has 2 N–H and O–H groups in total. The van der Waals surface area contributed by atoms with Gasteiger partial charge in [-0.1, -0.05) is 17.7 Å². The Hall–Kier alpha value is -2.08. The van der Waals surface area contributed by atoms with Gasteiger partial charge in [0.1, 0.15) is 18.0 Å². The number of aryl methyl sites for hydroxylation is 1. The van der Waals surface area contributed by atoms with Crippen LogP contribution < -0.4 is 10.2 Å². The summed E-state index contributed by atoms with van der Waals surface area (Å²) in [6.45, 7) is 2.44. The quantitative estimate of drug-likeness (QED) is 0.652. The van der Waals surface area contributed by atoms with Crippen LogP contribution in [0.15, 0.2) is 30.6 Å². The van der Waals surface area contributed by atoms with Crippen LogP contribution in [0.3, 0.4) is 0 Å². The molecule has 1 aromatic carbocycles. The fraction of sp³-hybridized carbons (Fsp3) is 0.444. The molecule has 0 spiro atoms. The first-order valence-corrected chi connectivity index (χ1v) is 11.1. The minimum Gasteiger partial charge on any atom is -0.387 e. The number of aromatic nitrogens is 2. The number of aliphatic hydroxyl groups excluding tert-OH is 1. The van der Waals surface area contributed by atoms with Crippen molar-refractivity contribution in [3.63, 3.8) is 0 Å². The molecule has 1 atom stereocenters.